The number of benzene rings is 3. The topological polar surface area (TPSA) is 108 Å². The number of carbonyl (C=O) groups is 2. The van der Waals surface area contributed by atoms with Crippen LogP contribution >= 0.6 is 11.8 Å². The normalized spacial score (nSPS) is 12.1. The minimum absolute atomic E-state index is 0.0897. The Morgan fingerprint density at radius 3 is 2.34 bits per heavy atom. The summed E-state index contributed by atoms with van der Waals surface area (Å²) in [5.74, 6) is -1.00. The molecule has 12 heteroatoms. The van der Waals surface area contributed by atoms with Crippen LogP contribution in [0.4, 0.5) is 23.7 Å². The highest BCUT2D eigenvalue weighted by molar-refractivity contribution is 6.39. The summed E-state index contributed by atoms with van der Waals surface area (Å²) in [5, 5.41) is 25.3. The van der Waals surface area contributed by atoms with Crippen molar-refractivity contribution in [3.05, 3.63) is 113 Å². The number of nitrogens with zero attached hydrogens (tertiary/aromatic N) is 3. The van der Waals surface area contributed by atoms with Crippen LogP contribution in [0.25, 0.3) is 5.69 Å². The first-order valence-electron chi connectivity index (χ1n) is 11.1. The zero-order valence-corrected chi connectivity index (χ0v) is 20.2. The number of carbonyl (C=O) groups excluding carboxylic acids is 1. The second kappa shape index (κ2) is 11.0. The third kappa shape index (κ3) is 5.96. The lowest BCUT2D eigenvalue weighted by molar-refractivity contribution is -0.141. The molecular weight excluding hydrogens is 525 g/mol. The minimum Gasteiger partial charge on any atom is -0.465 e. The van der Waals surface area contributed by atoms with Gasteiger partial charge in [0.05, 0.1) is 11.4 Å². The van der Waals surface area contributed by atoms with Gasteiger partial charge in [-0.15, -0.1) is 0 Å². The van der Waals surface area contributed by atoms with E-state index in [0.29, 0.717) is 27.2 Å². The molecule has 0 spiro atoms. The molecule has 0 radical (unpaired) electrons. The van der Waals surface area contributed by atoms with Crippen molar-refractivity contribution in [2.24, 2.45) is 0 Å². The molecular formula is C26H20ClF3N4O4. The van der Waals surface area contributed by atoms with Gasteiger partial charge in [0, 0.05) is 24.4 Å². The average molecular weight is 545 g/mol. The monoisotopic (exact) mass is 544 g/mol. The Kier molecular flexibility index (Phi) is 7.70. The second-order valence-electron chi connectivity index (χ2n) is 8.15. The summed E-state index contributed by atoms with van der Waals surface area (Å²) in [6.45, 7) is -0.113. The summed E-state index contributed by atoms with van der Waals surface area (Å²) in [4.78, 5) is 24.2. The Morgan fingerprint density at radius 2 is 1.66 bits per heavy atom. The van der Waals surface area contributed by atoms with Crippen LogP contribution in [0.15, 0.2) is 84.9 Å². The van der Waals surface area contributed by atoms with E-state index in [1.807, 2.05) is 0 Å². The van der Waals surface area contributed by atoms with E-state index < -0.39 is 35.7 Å². The van der Waals surface area contributed by atoms with Crippen LogP contribution in [0.3, 0.4) is 0 Å². The lowest BCUT2D eigenvalue weighted by Gasteiger charge is -2.18. The fraction of sp³-hybridized carbons (Fsp3) is 0.115. The molecule has 1 heterocycles. The summed E-state index contributed by atoms with van der Waals surface area (Å²) in [5.41, 5.74) is -0.148. The van der Waals surface area contributed by atoms with Crippen LogP contribution in [-0.4, -0.2) is 32.0 Å². The van der Waals surface area contributed by atoms with E-state index in [1.165, 1.54) is 30.3 Å². The van der Waals surface area contributed by atoms with Gasteiger partial charge in [-0.2, -0.15) is 18.3 Å². The van der Waals surface area contributed by atoms with E-state index in [1.54, 1.807) is 48.5 Å². The number of anilines is 1. The summed E-state index contributed by atoms with van der Waals surface area (Å²) >= 11 is 6.32. The maximum atomic E-state index is 13.5. The van der Waals surface area contributed by atoms with Gasteiger partial charge in [-0.3, -0.25) is 4.79 Å². The van der Waals surface area contributed by atoms with Crippen molar-refractivity contribution in [1.82, 2.24) is 15.1 Å². The first kappa shape index (κ1) is 26.7. The van der Waals surface area contributed by atoms with Crippen LogP contribution in [0, 0.1) is 0 Å². The second-order valence-corrected chi connectivity index (χ2v) is 8.49. The SMILES string of the molecule is O=C(O)NCc1cccc(-n2nc(C(F)(F)F)cc2C(=O)N(Cl)c2cccc(C(O)c3ccccc3)c2)c1. The smallest absolute Gasteiger partial charge is 0.435 e. The van der Waals surface area contributed by atoms with Gasteiger partial charge in [0.1, 0.15) is 11.8 Å². The molecule has 4 rings (SSSR count). The van der Waals surface area contributed by atoms with Crippen LogP contribution in [0.5, 0.6) is 0 Å². The van der Waals surface area contributed by atoms with Crippen molar-refractivity contribution < 1.29 is 33.0 Å². The molecule has 0 aliphatic heterocycles. The van der Waals surface area contributed by atoms with E-state index in [9.17, 15) is 27.9 Å². The third-order valence-corrected chi connectivity index (χ3v) is 5.87. The molecule has 0 saturated heterocycles. The zero-order chi connectivity index (χ0) is 27.4. The van der Waals surface area contributed by atoms with Gasteiger partial charge in [0.15, 0.2) is 5.69 Å². The number of carboxylic acid groups (broad SMARTS) is 1. The van der Waals surface area contributed by atoms with Crippen molar-refractivity contribution in [2.75, 3.05) is 4.42 Å². The van der Waals surface area contributed by atoms with Gasteiger partial charge in [0.2, 0.25) is 0 Å². The van der Waals surface area contributed by atoms with Crippen LogP contribution in [0.2, 0.25) is 0 Å². The first-order chi connectivity index (χ1) is 18.0. The molecule has 4 aromatic rings. The Bertz CT molecular complexity index is 1460. The minimum atomic E-state index is -4.85. The zero-order valence-electron chi connectivity index (χ0n) is 19.4. The fourth-order valence-corrected chi connectivity index (χ4v) is 3.90. The summed E-state index contributed by atoms with van der Waals surface area (Å²) < 4.78 is 42.1. The van der Waals surface area contributed by atoms with Crippen LogP contribution < -0.4 is 9.74 Å². The molecule has 0 bridgehead atoms. The molecule has 0 fully saturated rings. The molecule has 0 aliphatic rings. The highest BCUT2D eigenvalue weighted by Crippen LogP contribution is 2.32. The summed E-state index contributed by atoms with van der Waals surface area (Å²) in [7, 11) is 0. The van der Waals surface area contributed by atoms with E-state index in [2.05, 4.69) is 10.4 Å². The number of nitrogens with one attached hydrogen (secondary N) is 1. The standard InChI is InChI=1S/C26H20ClF3N4O4/c27-33(19-10-5-9-18(13-19)23(35)17-7-2-1-3-8-17)24(36)21-14-22(26(28,29)30)32-34(21)20-11-4-6-16(12-20)15-31-25(37)38/h1-14,23,31,35H,15H2,(H,37,38). The number of hydrogen-bond donors (Lipinski definition) is 3. The number of aromatic nitrogens is 2. The molecule has 2 amide bonds. The van der Waals surface area contributed by atoms with Gasteiger partial charge < -0.3 is 15.5 Å². The van der Waals surface area contributed by atoms with E-state index in [4.69, 9.17) is 16.9 Å². The first-order valence-corrected chi connectivity index (χ1v) is 11.4. The molecule has 8 nitrogen and oxygen atoms in total. The van der Waals surface area contributed by atoms with Gasteiger partial charge >= 0.3 is 12.3 Å². The van der Waals surface area contributed by atoms with Gasteiger partial charge in [-0.25, -0.2) is 13.9 Å². The summed E-state index contributed by atoms with van der Waals surface area (Å²) in [6, 6.07) is 21.3. The van der Waals surface area contributed by atoms with Crippen molar-refractivity contribution in [2.45, 2.75) is 18.8 Å². The molecule has 1 unspecified atom stereocenters. The lowest BCUT2D eigenvalue weighted by Crippen LogP contribution is -2.24. The Labute approximate surface area is 219 Å². The Morgan fingerprint density at radius 1 is 0.974 bits per heavy atom. The Balaban J connectivity index is 1.69. The highest BCUT2D eigenvalue weighted by atomic mass is 35.5. The predicted molar refractivity (Wildman–Crippen MR) is 133 cm³/mol. The van der Waals surface area contributed by atoms with E-state index >= 15 is 0 Å². The highest BCUT2D eigenvalue weighted by Gasteiger charge is 2.37. The molecule has 196 valence electrons. The molecule has 0 saturated carbocycles. The fourth-order valence-electron chi connectivity index (χ4n) is 3.71. The number of rotatable bonds is 7. The number of alkyl halides is 3. The maximum absolute atomic E-state index is 13.5. The van der Waals surface area contributed by atoms with Crippen LogP contribution in [0.1, 0.15) is 39.0 Å². The number of aliphatic hydroxyl groups is 1. The average Bonchev–Trinajstić information content (AvgIpc) is 3.38. The quantitative estimate of drug-likeness (QED) is 0.265. The molecule has 0 aliphatic carbocycles. The van der Waals surface area contributed by atoms with Gasteiger partial charge in [-0.05, 0) is 41.0 Å². The number of amides is 2. The van der Waals surface area contributed by atoms with Crippen molar-refractivity contribution in [1.29, 1.82) is 0 Å². The van der Waals surface area contributed by atoms with Crippen molar-refractivity contribution >= 4 is 29.5 Å². The number of halogens is 4. The van der Waals surface area contributed by atoms with E-state index in [-0.39, 0.29) is 17.9 Å². The Hall–Kier alpha value is -4.35. The lowest BCUT2D eigenvalue weighted by atomic mass is 10.0. The number of hydrogen-bond acceptors (Lipinski definition) is 4. The molecule has 3 N–H and O–H groups in total. The van der Waals surface area contributed by atoms with Gasteiger partial charge in [-0.1, -0.05) is 54.6 Å². The molecule has 1 aromatic heterocycles. The van der Waals surface area contributed by atoms with Crippen LogP contribution in [-0.2, 0) is 12.7 Å². The van der Waals surface area contributed by atoms with Crippen molar-refractivity contribution in [3.8, 4) is 5.69 Å². The summed E-state index contributed by atoms with van der Waals surface area (Å²) in [6.07, 6.45) is -7.15. The largest absolute Gasteiger partial charge is 0.465 e. The molecule has 38 heavy (non-hydrogen) atoms. The number of aliphatic hydroxyl groups excluding tert-OH is 1. The maximum Gasteiger partial charge on any atom is 0.435 e. The third-order valence-electron chi connectivity index (χ3n) is 5.52. The van der Waals surface area contributed by atoms with E-state index in [0.717, 1.165) is 4.68 Å². The predicted octanol–water partition coefficient (Wildman–Crippen LogP) is 5.54. The molecule has 1 atom stereocenters. The van der Waals surface area contributed by atoms with Crippen molar-refractivity contribution in [3.63, 3.8) is 0 Å². The molecule has 3 aromatic carbocycles. The van der Waals surface area contributed by atoms with Gasteiger partial charge in [0.25, 0.3) is 5.91 Å².